The first kappa shape index (κ1) is 20.2. The average Bonchev–Trinajstić information content (AvgIpc) is 3.24. The van der Waals surface area contributed by atoms with E-state index in [0.29, 0.717) is 23.6 Å². The summed E-state index contributed by atoms with van der Waals surface area (Å²) in [5.74, 6) is 2.41. The molecule has 3 heterocycles. The molecule has 0 spiro atoms. The first-order valence-electron chi connectivity index (χ1n) is 10.8. The molecule has 32 heavy (non-hydrogen) atoms. The summed E-state index contributed by atoms with van der Waals surface area (Å²) in [6.45, 7) is 4.17. The zero-order chi connectivity index (χ0) is 21.9. The Morgan fingerprint density at radius 3 is 2.47 bits per heavy atom. The summed E-state index contributed by atoms with van der Waals surface area (Å²) >= 11 is 0. The van der Waals surface area contributed by atoms with Gasteiger partial charge in [0.1, 0.15) is 17.7 Å². The molecule has 1 fully saturated rings. The third kappa shape index (κ3) is 3.95. The van der Waals surface area contributed by atoms with Crippen LogP contribution < -0.4 is 14.4 Å². The number of rotatable bonds is 6. The van der Waals surface area contributed by atoms with Gasteiger partial charge in [-0.05, 0) is 43.3 Å². The number of hydrogen-bond acceptors (Lipinski definition) is 6. The molecule has 2 aromatic heterocycles. The molecule has 7 nitrogen and oxygen atoms in total. The van der Waals surface area contributed by atoms with Gasteiger partial charge in [-0.1, -0.05) is 24.3 Å². The second kappa shape index (κ2) is 8.82. The lowest BCUT2D eigenvalue weighted by Gasteiger charge is -2.33. The molecule has 0 N–H and O–H groups in total. The molecular formula is C24H24FN5O2. The highest BCUT2D eigenvalue weighted by molar-refractivity contribution is 5.60. The lowest BCUT2D eigenvalue weighted by atomic mass is 10.1. The van der Waals surface area contributed by atoms with Crippen molar-refractivity contribution in [3.63, 3.8) is 0 Å². The van der Waals surface area contributed by atoms with Gasteiger partial charge in [-0.3, -0.25) is 0 Å². The number of piperidine rings is 1. The van der Waals surface area contributed by atoms with Crippen LogP contribution in [-0.4, -0.2) is 45.6 Å². The molecule has 0 radical (unpaired) electrons. The van der Waals surface area contributed by atoms with E-state index in [9.17, 15) is 4.39 Å². The van der Waals surface area contributed by atoms with E-state index in [1.54, 1.807) is 22.7 Å². The van der Waals surface area contributed by atoms with Crippen molar-refractivity contribution < 1.29 is 13.9 Å². The Morgan fingerprint density at radius 2 is 1.69 bits per heavy atom. The molecule has 0 aliphatic carbocycles. The fourth-order valence-corrected chi connectivity index (χ4v) is 3.96. The third-order valence-corrected chi connectivity index (χ3v) is 5.57. The number of ether oxygens (including phenoxy) is 2. The van der Waals surface area contributed by atoms with E-state index in [1.807, 2.05) is 43.3 Å². The van der Waals surface area contributed by atoms with Crippen molar-refractivity contribution in [1.82, 2.24) is 19.8 Å². The van der Waals surface area contributed by atoms with Crippen LogP contribution in [0.3, 0.4) is 0 Å². The van der Waals surface area contributed by atoms with E-state index >= 15 is 0 Å². The van der Waals surface area contributed by atoms with Gasteiger partial charge >= 0.3 is 0 Å². The summed E-state index contributed by atoms with van der Waals surface area (Å²) in [4.78, 5) is 2.21. The smallest absolute Gasteiger partial charge is 0.188 e. The van der Waals surface area contributed by atoms with Crippen molar-refractivity contribution in [3.05, 3.63) is 66.5 Å². The van der Waals surface area contributed by atoms with Crippen LogP contribution in [0.25, 0.3) is 17.0 Å². The summed E-state index contributed by atoms with van der Waals surface area (Å²) < 4.78 is 27.8. The summed E-state index contributed by atoms with van der Waals surface area (Å²) in [6, 6.07) is 18.1. The van der Waals surface area contributed by atoms with Crippen molar-refractivity contribution in [3.8, 4) is 22.9 Å². The van der Waals surface area contributed by atoms with E-state index in [1.165, 1.54) is 6.07 Å². The van der Waals surface area contributed by atoms with E-state index in [2.05, 4.69) is 15.1 Å². The third-order valence-electron chi connectivity index (χ3n) is 5.57. The van der Waals surface area contributed by atoms with Crippen molar-refractivity contribution in [2.24, 2.45) is 0 Å². The summed E-state index contributed by atoms with van der Waals surface area (Å²) in [5, 5.41) is 13.0. The minimum Gasteiger partial charge on any atom is -0.490 e. The molecule has 0 atom stereocenters. The molecule has 1 aliphatic rings. The highest BCUT2D eigenvalue weighted by Crippen LogP contribution is 2.30. The molecule has 0 bridgehead atoms. The molecular weight excluding hydrogens is 409 g/mol. The first-order chi connectivity index (χ1) is 15.7. The van der Waals surface area contributed by atoms with E-state index in [-0.39, 0.29) is 11.9 Å². The quantitative estimate of drug-likeness (QED) is 0.450. The van der Waals surface area contributed by atoms with Crippen LogP contribution in [0.15, 0.2) is 60.7 Å². The summed E-state index contributed by atoms with van der Waals surface area (Å²) in [5.41, 5.74) is 0.961. The predicted octanol–water partition coefficient (Wildman–Crippen LogP) is 4.38. The average molecular weight is 433 g/mol. The number of nitrogens with zero attached hydrogens (tertiary/aromatic N) is 5. The number of hydrogen-bond donors (Lipinski definition) is 0. The zero-order valence-corrected chi connectivity index (χ0v) is 17.8. The lowest BCUT2D eigenvalue weighted by molar-refractivity contribution is 0.162. The highest BCUT2D eigenvalue weighted by Gasteiger charge is 2.23. The number of fused-ring (bicyclic) bond motifs is 1. The number of para-hydroxylation sites is 2. The Kier molecular flexibility index (Phi) is 5.58. The molecule has 1 aliphatic heterocycles. The monoisotopic (exact) mass is 433 g/mol. The minimum absolute atomic E-state index is 0.112. The van der Waals surface area contributed by atoms with E-state index in [4.69, 9.17) is 14.6 Å². The normalized spacial score (nSPS) is 14.6. The van der Waals surface area contributed by atoms with Gasteiger partial charge in [0, 0.05) is 25.9 Å². The summed E-state index contributed by atoms with van der Waals surface area (Å²) in [6.07, 6.45) is 1.84. The Hall–Kier alpha value is -3.68. The topological polar surface area (TPSA) is 64.8 Å². The number of benzene rings is 2. The van der Waals surface area contributed by atoms with Crippen LogP contribution >= 0.6 is 0 Å². The van der Waals surface area contributed by atoms with Crippen LogP contribution in [0.4, 0.5) is 10.2 Å². The first-order valence-corrected chi connectivity index (χ1v) is 10.8. The van der Waals surface area contributed by atoms with Crippen LogP contribution in [0.5, 0.6) is 11.5 Å². The maximum Gasteiger partial charge on any atom is 0.188 e. The zero-order valence-electron chi connectivity index (χ0n) is 17.8. The number of halogens is 1. The Balaban J connectivity index is 1.31. The molecule has 0 unspecified atom stereocenters. The Morgan fingerprint density at radius 1 is 0.938 bits per heavy atom. The molecule has 0 saturated carbocycles. The lowest BCUT2D eigenvalue weighted by Crippen LogP contribution is -2.39. The molecule has 164 valence electrons. The van der Waals surface area contributed by atoms with Gasteiger partial charge in [-0.25, -0.2) is 4.39 Å². The van der Waals surface area contributed by atoms with Crippen LogP contribution in [0.1, 0.15) is 19.8 Å². The SMILES string of the molecule is CCOc1ccccc1OC1CCN(c2ccc3nnc(-c4ccccc4F)n3n2)CC1. The molecule has 1 saturated heterocycles. The minimum atomic E-state index is -0.348. The predicted molar refractivity (Wildman–Crippen MR) is 120 cm³/mol. The highest BCUT2D eigenvalue weighted by atomic mass is 19.1. The number of aromatic nitrogens is 4. The van der Waals surface area contributed by atoms with Crippen molar-refractivity contribution in [1.29, 1.82) is 0 Å². The second-order valence-electron chi connectivity index (χ2n) is 7.65. The van der Waals surface area contributed by atoms with Crippen LogP contribution in [0.2, 0.25) is 0 Å². The van der Waals surface area contributed by atoms with Crippen LogP contribution in [0, 0.1) is 5.82 Å². The molecule has 2 aromatic carbocycles. The molecule has 0 amide bonds. The second-order valence-corrected chi connectivity index (χ2v) is 7.65. The van der Waals surface area contributed by atoms with Crippen LogP contribution in [-0.2, 0) is 0 Å². The van der Waals surface area contributed by atoms with Crippen molar-refractivity contribution >= 4 is 11.5 Å². The van der Waals surface area contributed by atoms with Gasteiger partial charge in [0.05, 0.1) is 12.2 Å². The van der Waals surface area contributed by atoms with E-state index < -0.39 is 0 Å². The maximum absolute atomic E-state index is 14.3. The number of anilines is 1. The Labute approximate surface area is 185 Å². The fraction of sp³-hybridized carbons (Fsp3) is 0.292. The van der Waals surface area contributed by atoms with Gasteiger partial charge < -0.3 is 14.4 Å². The fourth-order valence-electron chi connectivity index (χ4n) is 3.96. The largest absolute Gasteiger partial charge is 0.490 e. The standard InChI is InChI=1S/C24H24FN5O2/c1-2-31-20-9-5-6-10-21(20)32-17-13-15-29(16-14-17)23-12-11-22-26-27-24(30(22)28-23)18-7-3-4-8-19(18)25/h3-12,17H,2,13-16H2,1H3. The van der Waals surface area contributed by atoms with Gasteiger partial charge in [0.25, 0.3) is 0 Å². The molecule has 4 aromatic rings. The molecule has 8 heteroatoms. The van der Waals surface area contributed by atoms with Crippen molar-refractivity contribution in [2.45, 2.75) is 25.9 Å². The van der Waals surface area contributed by atoms with Gasteiger partial charge in [-0.15, -0.1) is 15.3 Å². The van der Waals surface area contributed by atoms with Gasteiger partial charge in [0.2, 0.25) is 0 Å². The van der Waals surface area contributed by atoms with Gasteiger partial charge in [-0.2, -0.15) is 4.52 Å². The maximum atomic E-state index is 14.3. The van der Waals surface area contributed by atoms with E-state index in [0.717, 1.165) is 43.2 Å². The Bertz CT molecular complexity index is 1220. The summed E-state index contributed by atoms with van der Waals surface area (Å²) in [7, 11) is 0. The molecule has 5 rings (SSSR count). The van der Waals surface area contributed by atoms with Gasteiger partial charge in [0.15, 0.2) is 23.0 Å². The van der Waals surface area contributed by atoms with Crippen molar-refractivity contribution in [2.75, 3.05) is 24.6 Å².